The lowest BCUT2D eigenvalue weighted by Crippen LogP contribution is -2.10. The number of hydrogen-bond acceptors (Lipinski definition) is 3. The van der Waals surface area contributed by atoms with Crippen molar-refractivity contribution >= 4 is 23.2 Å². The van der Waals surface area contributed by atoms with Crippen LogP contribution in [0.2, 0.25) is 10.0 Å². The molecular formula is C28H19Cl2F6N3O. The molecular weight excluding hydrogens is 579 g/mol. The van der Waals surface area contributed by atoms with Crippen LogP contribution in [0.5, 0.6) is 5.75 Å². The van der Waals surface area contributed by atoms with Crippen LogP contribution in [0.1, 0.15) is 42.3 Å². The van der Waals surface area contributed by atoms with Crippen LogP contribution in [0.25, 0.3) is 22.4 Å². The molecule has 0 aliphatic carbocycles. The second-order valence-electron chi connectivity index (χ2n) is 9.03. The van der Waals surface area contributed by atoms with Crippen LogP contribution < -0.4 is 4.74 Å². The minimum atomic E-state index is -4.81. The lowest BCUT2D eigenvalue weighted by molar-refractivity contribution is -0.141. The summed E-state index contributed by atoms with van der Waals surface area (Å²) in [5.74, 6) is 0.0392. The Kier molecular flexibility index (Phi) is 8.11. The molecule has 1 aromatic heterocycles. The Bertz CT molecular complexity index is 1590. The monoisotopic (exact) mass is 597 g/mol. The minimum Gasteiger partial charge on any atom is -0.488 e. The molecule has 4 nitrogen and oxygen atoms in total. The standard InChI is InChI=1S/C28H19Cl2F6N3O/c1-15(2)39-23(12-25(38-39)28(34,35)36)19-8-10-24(40-14-16-3-6-18(29)7-4-16)26(20(19)13-37)17-5-9-22(30)21(11-17)27(31,32)33/h3-12,15H,14H2,1-2H3. The van der Waals surface area contributed by atoms with Gasteiger partial charge in [-0.15, -0.1) is 0 Å². The van der Waals surface area contributed by atoms with Crippen molar-refractivity contribution in [2.75, 3.05) is 0 Å². The van der Waals surface area contributed by atoms with E-state index in [1.54, 1.807) is 38.1 Å². The Morgan fingerprint density at radius 3 is 2.17 bits per heavy atom. The second-order valence-corrected chi connectivity index (χ2v) is 9.88. The minimum absolute atomic E-state index is 0.0315. The zero-order valence-electron chi connectivity index (χ0n) is 20.8. The third kappa shape index (κ3) is 6.06. The number of nitrogens with zero attached hydrogens (tertiary/aromatic N) is 3. The number of hydrogen-bond donors (Lipinski definition) is 0. The Balaban J connectivity index is 1.97. The molecule has 0 N–H and O–H groups in total. The molecule has 4 rings (SSSR count). The van der Waals surface area contributed by atoms with Gasteiger partial charge in [0.15, 0.2) is 5.69 Å². The van der Waals surface area contributed by atoms with E-state index in [1.165, 1.54) is 18.2 Å². The highest BCUT2D eigenvalue weighted by Gasteiger charge is 2.37. The zero-order chi connectivity index (χ0) is 29.4. The Morgan fingerprint density at radius 2 is 1.60 bits per heavy atom. The van der Waals surface area contributed by atoms with Crippen LogP contribution in [-0.4, -0.2) is 9.78 Å². The maximum absolute atomic E-state index is 13.7. The second kappa shape index (κ2) is 11.1. The summed E-state index contributed by atoms with van der Waals surface area (Å²) in [6.45, 7) is 3.19. The molecule has 0 saturated heterocycles. The first kappa shape index (κ1) is 29.3. The molecule has 40 heavy (non-hydrogen) atoms. The molecule has 0 atom stereocenters. The topological polar surface area (TPSA) is 50.8 Å². The fraction of sp³-hybridized carbons (Fsp3) is 0.214. The van der Waals surface area contributed by atoms with Crippen LogP contribution >= 0.6 is 23.2 Å². The van der Waals surface area contributed by atoms with E-state index in [1.807, 2.05) is 6.07 Å². The third-order valence-corrected chi connectivity index (χ3v) is 6.52. The largest absolute Gasteiger partial charge is 0.488 e. The molecule has 3 aromatic carbocycles. The Labute approximate surface area is 235 Å². The van der Waals surface area contributed by atoms with Crippen molar-refractivity contribution in [1.82, 2.24) is 9.78 Å². The molecule has 208 valence electrons. The van der Waals surface area contributed by atoms with Crippen molar-refractivity contribution in [1.29, 1.82) is 5.26 Å². The normalized spacial score (nSPS) is 12.1. The van der Waals surface area contributed by atoms with Gasteiger partial charge in [-0.05, 0) is 67.4 Å². The smallest absolute Gasteiger partial charge is 0.435 e. The number of ether oxygens (including phenoxy) is 1. The molecule has 0 aliphatic heterocycles. The summed E-state index contributed by atoms with van der Waals surface area (Å²) in [6.07, 6.45) is -9.57. The Morgan fingerprint density at radius 1 is 0.925 bits per heavy atom. The van der Waals surface area contributed by atoms with E-state index in [4.69, 9.17) is 27.9 Å². The number of aromatic nitrogens is 2. The van der Waals surface area contributed by atoms with Crippen molar-refractivity contribution in [3.8, 4) is 34.2 Å². The molecule has 0 radical (unpaired) electrons. The molecule has 4 aromatic rings. The number of rotatable bonds is 6. The quantitative estimate of drug-likeness (QED) is 0.208. The Hall–Kier alpha value is -3.68. The fourth-order valence-corrected chi connectivity index (χ4v) is 4.44. The highest BCUT2D eigenvalue weighted by atomic mass is 35.5. The number of alkyl halides is 6. The van der Waals surface area contributed by atoms with Crippen molar-refractivity contribution in [3.63, 3.8) is 0 Å². The van der Waals surface area contributed by atoms with Gasteiger partial charge >= 0.3 is 12.4 Å². The zero-order valence-corrected chi connectivity index (χ0v) is 22.3. The van der Waals surface area contributed by atoms with E-state index in [-0.39, 0.29) is 40.3 Å². The van der Waals surface area contributed by atoms with Gasteiger partial charge in [0.2, 0.25) is 0 Å². The summed E-state index contributed by atoms with van der Waals surface area (Å²) in [5, 5.41) is 13.8. The molecule has 0 bridgehead atoms. The van der Waals surface area contributed by atoms with Crippen molar-refractivity contribution < 1.29 is 31.1 Å². The molecule has 0 amide bonds. The van der Waals surface area contributed by atoms with Gasteiger partial charge in [-0.1, -0.05) is 41.4 Å². The maximum atomic E-state index is 13.7. The SMILES string of the molecule is CC(C)n1nc(C(F)(F)F)cc1-c1ccc(OCc2ccc(Cl)cc2)c(-c2ccc(Cl)c(C(F)(F)F)c2)c1C#N. The predicted octanol–water partition coefficient (Wildman–Crippen LogP) is 9.59. The van der Waals surface area contributed by atoms with E-state index in [2.05, 4.69) is 5.10 Å². The average Bonchev–Trinajstić information content (AvgIpc) is 3.34. The van der Waals surface area contributed by atoms with E-state index in [9.17, 15) is 31.6 Å². The van der Waals surface area contributed by atoms with Gasteiger partial charge in [0.05, 0.1) is 21.8 Å². The van der Waals surface area contributed by atoms with E-state index < -0.39 is 34.7 Å². The van der Waals surface area contributed by atoms with Crippen LogP contribution in [-0.2, 0) is 19.0 Å². The van der Waals surface area contributed by atoms with Crippen LogP contribution in [0.15, 0.2) is 60.7 Å². The summed E-state index contributed by atoms with van der Waals surface area (Å²) in [6, 6.07) is 14.7. The summed E-state index contributed by atoms with van der Waals surface area (Å²) in [5.41, 5.74) is -1.93. The fourth-order valence-electron chi connectivity index (χ4n) is 4.09. The van der Waals surface area contributed by atoms with E-state index >= 15 is 0 Å². The van der Waals surface area contributed by atoms with Gasteiger partial charge in [-0.3, -0.25) is 4.68 Å². The summed E-state index contributed by atoms with van der Waals surface area (Å²) < 4.78 is 88.8. The van der Waals surface area contributed by atoms with E-state index in [0.717, 1.165) is 22.9 Å². The lowest BCUT2D eigenvalue weighted by atomic mass is 9.92. The molecule has 0 spiro atoms. The van der Waals surface area contributed by atoms with Crippen LogP contribution in [0, 0.1) is 11.3 Å². The van der Waals surface area contributed by atoms with Crippen molar-refractivity contribution in [2.24, 2.45) is 0 Å². The first-order valence-corrected chi connectivity index (χ1v) is 12.4. The average molecular weight is 598 g/mol. The number of halogens is 8. The van der Waals surface area contributed by atoms with Crippen molar-refractivity contribution in [2.45, 2.75) is 38.8 Å². The van der Waals surface area contributed by atoms with Gasteiger partial charge < -0.3 is 4.74 Å². The molecule has 0 saturated carbocycles. The molecule has 0 fully saturated rings. The molecule has 12 heteroatoms. The summed E-state index contributed by atoms with van der Waals surface area (Å²) in [7, 11) is 0. The maximum Gasteiger partial charge on any atom is 0.435 e. The van der Waals surface area contributed by atoms with Crippen LogP contribution in [0.3, 0.4) is 0 Å². The molecule has 0 unspecified atom stereocenters. The van der Waals surface area contributed by atoms with Gasteiger partial charge in [0.25, 0.3) is 0 Å². The van der Waals surface area contributed by atoms with Gasteiger partial charge in [0.1, 0.15) is 18.4 Å². The van der Waals surface area contributed by atoms with Gasteiger partial charge in [0, 0.05) is 22.2 Å². The van der Waals surface area contributed by atoms with E-state index in [0.29, 0.717) is 10.6 Å². The predicted molar refractivity (Wildman–Crippen MR) is 139 cm³/mol. The highest BCUT2D eigenvalue weighted by molar-refractivity contribution is 6.31. The highest BCUT2D eigenvalue weighted by Crippen LogP contribution is 2.44. The first-order valence-electron chi connectivity index (χ1n) is 11.7. The van der Waals surface area contributed by atoms with Gasteiger partial charge in [-0.25, -0.2) is 0 Å². The summed E-state index contributed by atoms with van der Waals surface area (Å²) in [4.78, 5) is 0. The number of benzene rings is 3. The van der Waals surface area contributed by atoms with Crippen molar-refractivity contribution in [3.05, 3.63) is 93.1 Å². The summed E-state index contributed by atoms with van der Waals surface area (Å²) >= 11 is 11.7. The van der Waals surface area contributed by atoms with Gasteiger partial charge in [-0.2, -0.15) is 36.7 Å². The lowest BCUT2D eigenvalue weighted by Gasteiger charge is -2.19. The molecule has 0 aliphatic rings. The third-order valence-electron chi connectivity index (χ3n) is 5.94. The number of nitriles is 1. The molecule has 1 heterocycles. The first-order chi connectivity index (χ1) is 18.7. The van der Waals surface area contributed by atoms with Crippen LogP contribution in [0.4, 0.5) is 26.3 Å².